The number of anilines is 1. The fourth-order valence-corrected chi connectivity index (χ4v) is 5.46. The minimum Gasteiger partial charge on any atom is -0.377 e. The third-order valence-electron chi connectivity index (χ3n) is 4.33. The van der Waals surface area contributed by atoms with Crippen molar-refractivity contribution in [3.63, 3.8) is 0 Å². The van der Waals surface area contributed by atoms with Crippen molar-refractivity contribution in [2.75, 3.05) is 5.32 Å². The molecule has 0 aliphatic carbocycles. The topological polar surface area (TPSA) is 139 Å². The summed E-state index contributed by atoms with van der Waals surface area (Å²) < 4.78 is 30.8. The number of benzene rings is 3. The molecule has 0 radical (unpaired) electrons. The van der Waals surface area contributed by atoms with Gasteiger partial charge in [-0.15, -0.1) is 0 Å². The highest BCUT2D eigenvalue weighted by molar-refractivity contribution is 9.11. The van der Waals surface area contributed by atoms with Crippen LogP contribution in [-0.4, -0.2) is 19.2 Å². The van der Waals surface area contributed by atoms with Gasteiger partial charge in [0.1, 0.15) is 16.5 Å². The van der Waals surface area contributed by atoms with Crippen molar-refractivity contribution in [1.29, 1.82) is 5.26 Å². The predicted molar refractivity (Wildman–Crippen MR) is 136 cm³/mol. The molecule has 0 fully saturated rings. The van der Waals surface area contributed by atoms with E-state index in [2.05, 4.69) is 37.2 Å². The Balaban J connectivity index is 1.88. The van der Waals surface area contributed by atoms with Crippen LogP contribution in [0.4, 0.5) is 11.4 Å². The normalized spacial score (nSPS) is 11.4. The number of carbonyl (C=O) groups is 1. The molecule has 178 valence electrons. The van der Waals surface area contributed by atoms with Gasteiger partial charge in [0.25, 0.3) is 11.6 Å². The van der Waals surface area contributed by atoms with Crippen LogP contribution < -0.4 is 9.50 Å². The molecule has 3 aromatic rings. The van der Waals surface area contributed by atoms with E-state index >= 15 is 0 Å². The Labute approximate surface area is 221 Å². The summed E-state index contributed by atoms with van der Waals surface area (Å²) in [7, 11) is -4.11. The number of hydrogen-bond acceptors (Lipinski definition) is 7. The molecule has 1 amide bonds. The molecule has 0 aromatic heterocycles. The molecule has 0 heterocycles. The maximum atomic E-state index is 12.6. The lowest BCUT2D eigenvalue weighted by molar-refractivity contribution is -0.384. The summed E-state index contributed by atoms with van der Waals surface area (Å²) in [4.78, 5) is 22.9. The maximum Gasteiger partial charge on any atom is 0.339 e. The van der Waals surface area contributed by atoms with Crippen molar-refractivity contribution in [3.8, 4) is 11.8 Å². The van der Waals surface area contributed by atoms with Crippen LogP contribution in [0.1, 0.15) is 5.56 Å². The number of amides is 1. The molecule has 3 rings (SSSR count). The van der Waals surface area contributed by atoms with E-state index in [1.54, 1.807) is 24.3 Å². The molecule has 0 saturated carbocycles. The molecule has 0 unspecified atom stereocenters. The van der Waals surface area contributed by atoms with Crippen molar-refractivity contribution in [1.82, 2.24) is 0 Å². The first kappa shape index (κ1) is 26.4. The van der Waals surface area contributed by atoms with Gasteiger partial charge in [0.15, 0.2) is 5.75 Å². The predicted octanol–water partition coefficient (Wildman–Crippen LogP) is 6.09. The number of nitrogens with zero attached hydrogens (tertiary/aromatic N) is 2. The molecule has 0 aliphatic heterocycles. The summed E-state index contributed by atoms with van der Waals surface area (Å²) in [5, 5.41) is 22.9. The van der Waals surface area contributed by atoms with Gasteiger partial charge in [-0.05, 0) is 73.8 Å². The number of nitriles is 1. The lowest BCUT2D eigenvalue weighted by Crippen LogP contribution is -2.14. The number of nitro groups is 1. The standard InChI is InChI=1S/C22H12Br2ClN3O6S/c23-17-9-13(10-18(24)21(17)34-35(32,33)16-4-2-1-3-5-16)8-14(12-26)22(29)27-20-11-15(28(30)31)6-7-19(20)25/h1-11H,(H,27,29)/b14-8+. The van der Waals surface area contributed by atoms with Crippen molar-refractivity contribution in [2.24, 2.45) is 0 Å². The van der Waals surface area contributed by atoms with Gasteiger partial charge >= 0.3 is 10.1 Å². The summed E-state index contributed by atoms with van der Waals surface area (Å²) in [5.74, 6) is -0.883. The van der Waals surface area contributed by atoms with Crippen molar-refractivity contribution in [3.05, 3.63) is 95.9 Å². The van der Waals surface area contributed by atoms with Crippen LogP contribution in [0, 0.1) is 21.4 Å². The molecule has 13 heteroatoms. The van der Waals surface area contributed by atoms with Gasteiger partial charge < -0.3 is 9.50 Å². The monoisotopic (exact) mass is 639 g/mol. The highest BCUT2D eigenvalue weighted by Crippen LogP contribution is 2.37. The zero-order valence-corrected chi connectivity index (χ0v) is 22.0. The van der Waals surface area contributed by atoms with Crippen LogP contribution in [0.2, 0.25) is 5.02 Å². The van der Waals surface area contributed by atoms with Gasteiger partial charge in [-0.3, -0.25) is 14.9 Å². The van der Waals surface area contributed by atoms with Crippen LogP contribution >= 0.6 is 43.5 Å². The van der Waals surface area contributed by atoms with Gasteiger partial charge in [-0.2, -0.15) is 13.7 Å². The minimum absolute atomic E-state index is 0.0302. The number of nitrogens with one attached hydrogen (secondary N) is 1. The summed E-state index contributed by atoms with van der Waals surface area (Å²) >= 11 is 12.5. The van der Waals surface area contributed by atoms with Gasteiger partial charge in [0.2, 0.25) is 0 Å². The largest absolute Gasteiger partial charge is 0.377 e. The summed E-state index contributed by atoms with van der Waals surface area (Å²) in [6, 6.07) is 15.7. The van der Waals surface area contributed by atoms with E-state index < -0.39 is 20.9 Å². The third kappa shape index (κ3) is 6.46. The highest BCUT2D eigenvalue weighted by Gasteiger charge is 2.21. The fourth-order valence-electron chi connectivity index (χ4n) is 2.71. The second-order valence-corrected chi connectivity index (χ2v) is 10.4. The number of hydrogen-bond donors (Lipinski definition) is 1. The molecule has 0 atom stereocenters. The SMILES string of the molecule is N#C/C(=C\c1cc(Br)c(OS(=O)(=O)c2ccccc2)c(Br)c1)C(=O)Nc1cc([N+](=O)[O-])ccc1Cl. The smallest absolute Gasteiger partial charge is 0.339 e. The average Bonchev–Trinajstić information content (AvgIpc) is 2.81. The van der Waals surface area contributed by atoms with Crippen molar-refractivity contribution >= 4 is 76.9 Å². The van der Waals surface area contributed by atoms with Gasteiger partial charge in [-0.1, -0.05) is 29.8 Å². The molecule has 3 aromatic carbocycles. The van der Waals surface area contributed by atoms with Gasteiger partial charge in [0, 0.05) is 12.1 Å². The van der Waals surface area contributed by atoms with E-state index in [0.29, 0.717) is 5.56 Å². The first-order valence-corrected chi connectivity index (χ1v) is 12.7. The average molecular weight is 642 g/mol. The number of halogens is 3. The molecule has 0 aliphatic rings. The molecule has 1 N–H and O–H groups in total. The van der Waals surface area contributed by atoms with E-state index in [9.17, 15) is 28.6 Å². The van der Waals surface area contributed by atoms with Crippen LogP contribution in [0.25, 0.3) is 6.08 Å². The van der Waals surface area contributed by atoms with E-state index in [0.717, 1.165) is 6.07 Å². The lowest BCUT2D eigenvalue weighted by Gasteiger charge is -2.12. The highest BCUT2D eigenvalue weighted by atomic mass is 79.9. The molecular formula is C22H12Br2ClN3O6S. The molecule has 35 heavy (non-hydrogen) atoms. The lowest BCUT2D eigenvalue weighted by atomic mass is 10.1. The zero-order valence-electron chi connectivity index (χ0n) is 17.2. The Morgan fingerprint density at radius 2 is 1.74 bits per heavy atom. The summed E-state index contributed by atoms with van der Waals surface area (Å²) in [5.41, 5.74) is -0.313. The van der Waals surface area contributed by atoms with E-state index in [1.807, 2.05) is 0 Å². The fraction of sp³-hybridized carbons (Fsp3) is 0. The number of rotatable bonds is 7. The van der Waals surface area contributed by atoms with E-state index in [-0.39, 0.29) is 41.6 Å². The zero-order chi connectivity index (χ0) is 25.8. The summed E-state index contributed by atoms with van der Waals surface area (Å²) in [6.45, 7) is 0. The molecule has 9 nitrogen and oxygen atoms in total. The van der Waals surface area contributed by atoms with Gasteiger partial charge in [0.05, 0.1) is 24.6 Å². The van der Waals surface area contributed by atoms with Gasteiger partial charge in [-0.25, -0.2) is 0 Å². The number of carbonyl (C=O) groups excluding carboxylic acids is 1. The second kappa shape index (κ2) is 11.0. The summed E-state index contributed by atoms with van der Waals surface area (Å²) in [6.07, 6.45) is 1.24. The van der Waals surface area contributed by atoms with Crippen LogP contribution in [0.15, 0.2) is 80.1 Å². The Bertz CT molecular complexity index is 1480. The van der Waals surface area contributed by atoms with Crippen molar-refractivity contribution < 1.29 is 22.3 Å². The second-order valence-electron chi connectivity index (χ2n) is 6.71. The Morgan fingerprint density at radius 3 is 2.31 bits per heavy atom. The third-order valence-corrected chi connectivity index (χ3v) is 7.07. The Kier molecular flexibility index (Phi) is 8.29. The Morgan fingerprint density at radius 1 is 1.11 bits per heavy atom. The number of nitro benzene ring substituents is 1. The Hall–Kier alpha value is -3.24. The van der Waals surface area contributed by atoms with E-state index in [4.69, 9.17) is 15.8 Å². The van der Waals surface area contributed by atoms with Crippen LogP contribution in [-0.2, 0) is 14.9 Å². The van der Waals surface area contributed by atoms with E-state index in [1.165, 1.54) is 42.5 Å². The molecule has 0 spiro atoms. The number of non-ortho nitro benzene ring substituents is 1. The molecule has 0 saturated heterocycles. The van der Waals surface area contributed by atoms with Crippen molar-refractivity contribution in [2.45, 2.75) is 4.90 Å². The van der Waals surface area contributed by atoms with Crippen LogP contribution in [0.5, 0.6) is 5.75 Å². The van der Waals surface area contributed by atoms with Crippen LogP contribution in [0.3, 0.4) is 0 Å². The minimum atomic E-state index is -4.11. The molecule has 0 bridgehead atoms. The maximum absolute atomic E-state index is 12.6. The quantitative estimate of drug-likeness (QED) is 0.108. The molecular weight excluding hydrogens is 630 g/mol. The first-order chi connectivity index (χ1) is 16.5. The first-order valence-electron chi connectivity index (χ1n) is 9.37.